The Hall–Kier alpha value is -0.890. The molecule has 0 bridgehead atoms. The highest BCUT2D eigenvalue weighted by molar-refractivity contribution is 7.89. The fraction of sp³-hybridized carbons (Fsp3) is 0.417. The van der Waals surface area contributed by atoms with Gasteiger partial charge in [-0.15, -0.1) is 0 Å². The summed E-state index contributed by atoms with van der Waals surface area (Å²) in [5, 5.41) is 8.35. The summed E-state index contributed by atoms with van der Waals surface area (Å²) in [7, 11) is -4.24. The van der Waals surface area contributed by atoms with Crippen LogP contribution in [0.1, 0.15) is 19.8 Å². The summed E-state index contributed by atoms with van der Waals surface area (Å²) in [6.45, 7) is 1.35. The van der Waals surface area contributed by atoms with Gasteiger partial charge in [0.2, 0.25) is 10.0 Å². The molecular weight excluding hydrogens is 344 g/mol. The van der Waals surface area contributed by atoms with Crippen LogP contribution in [0.15, 0.2) is 17.0 Å². The van der Waals surface area contributed by atoms with Crippen molar-refractivity contribution in [3.05, 3.63) is 28.0 Å². The van der Waals surface area contributed by atoms with Crippen molar-refractivity contribution in [2.24, 2.45) is 0 Å². The van der Waals surface area contributed by atoms with Gasteiger partial charge in [-0.25, -0.2) is 12.8 Å². The second-order valence-electron chi connectivity index (χ2n) is 4.93. The van der Waals surface area contributed by atoms with Gasteiger partial charge in [-0.3, -0.25) is 4.79 Å². The van der Waals surface area contributed by atoms with Crippen LogP contribution in [0.3, 0.4) is 0 Å². The van der Waals surface area contributed by atoms with E-state index in [1.807, 2.05) is 0 Å². The maximum atomic E-state index is 13.7. The number of aliphatic carboxylic acids is 1. The number of sulfonamides is 1. The number of hydrogen-bond acceptors (Lipinski definition) is 3. The van der Waals surface area contributed by atoms with Crippen LogP contribution in [0.2, 0.25) is 10.0 Å². The number of carboxylic acids is 1. The molecule has 0 amide bonds. The molecule has 1 N–H and O–H groups in total. The van der Waals surface area contributed by atoms with Gasteiger partial charge in [0.05, 0.1) is 10.0 Å². The Morgan fingerprint density at radius 1 is 1.43 bits per heavy atom. The fourth-order valence-electron chi connectivity index (χ4n) is 2.36. The van der Waals surface area contributed by atoms with Gasteiger partial charge in [0.25, 0.3) is 0 Å². The number of benzene rings is 1. The summed E-state index contributed by atoms with van der Waals surface area (Å²) < 4.78 is 39.8. The summed E-state index contributed by atoms with van der Waals surface area (Å²) in [5.74, 6) is -2.30. The monoisotopic (exact) mass is 355 g/mol. The number of hydrogen-bond donors (Lipinski definition) is 1. The molecule has 1 aliphatic rings. The summed E-state index contributed by atoms with van der Waals surface area (Å²) >= 11 is 11.3. The topological polar surface area (TPSA) is 74.7 Å². The van der Waals surface area contributed by atoms with E-state index in [-0.39, 0.29) is 18.0 Å². The molecule has 0 spiro atoms. The average Bonchev–Trinajstić information content (AvgIpc) is 2.80. The van der Waals surface area contributed by atoms with E-state index in [2.05, 4.69) is 0 Å². The molecule has 0 radical (unpaired) electrons. The van der Waals surface area contributed by atoms with Gasteiger partial charge in [-0.1, -0.05) is 23.2 Å². The number of nitrogens with zero attached hydrogens (tertiary/aromatic N) is 1. The molecule has 1 saturated heterocycles. The zero-order chi connectivity index (χ0) is 16.0. The van der Waals surface area contributed by atoms with Crippen molar-refractivity contribution in [1.82, 2.24) is 4.31 Å². The van der Waals surface area contributed by atoms with Crippen LogP contribution in [0, 0.1) is 5.82 Å². The Balaban J connectivity index is 2.58. The van der Waals surface area contributed by atoms with Gasteiger partial charge in [0.1, 0.15) is 10.4 Å². The van der Waals surface area contributed by atoms with E-state index in [9.17, 15) is 22.7 Å². The van der Waals surface area contributed by atoms with Crippen molar-refractivity contribution < 1.29 is 22.7 Å². The lowest BCUT2D eigenvalue weighted by molar-refractivity contribution is -0.146. The minimum Gasteiger partial charge on any atom is -0.480 e. The molecule has 1 aromatic carbocycles. The largest absolute Gasteiger partial charge is 0.480 e. The van der Waals surface area contributed by atoms with Crippen molar-refractivity contribution >= 4 is 39.2 Å². The smallest absolute Gasteiger partial charge is 0.324 e. The van der Waals surface area contributed by atoms with Crippen LogP contribution in [0.4, 0.5) is 4.39 Å². The van der Waals surface area contributed by atoms with Gasteiger partial charge in [-0.2, -0.15) is 4.31 Å². The van der Waals surface area contributed by atoms with Gasteiger partial charge in [0, 0.05) is 6.54 Å². The lowest BCUT2D eigenvalue weighted by atomic mass is 10.0. The molecule has 1 aliphatic heterocycles. The van der Waals surface area contributed by atoms with Crippen LogP contribution in [0.25, 0.3) is 0 Å². The molecule has 116 valence electrons. The first kappa shape index (κ1) is 16.5. The first-order valence-electron chi connectivity index (χ1n) is 6.02. The highest BCUT2D eigenvalue weighted by Gasteiger charge is 2.50. The van der Waals surface area contributed by atoms with Gasteiger partial charge in [-0.05, 0) is 31.9 Å². The van der Waals surface area contributed by atoms with Crippen molar-refractivity contribution in [3.63, 3.8) is 0 Å². The molecule has 0 aromatic heterocycles. The van der Waals surface area contributed by atoms with E-state index in [4.69, 9.17) is 23.2 Å². The predicted octanol–water partition coefficient (Wildman–Crippen LogP) is 2.76. The molecule has 0 saturated carbocycles. The number of carbonyl (C=O) groups is 1. The molecule has 9 heteroatoms. The highest BCUT2D eigenvalue weighted by Crippen LogP contribution is 2.38. The summed E-state index contributed by atoms with van der Waals surface area (Å²) in [6, 6.07) is 2.15. The second-order valence-corrected chi connectivity index (χ2v) is 7.55. The Kier molecular flexibility index (Phi) is 4.23. The summed E-state index contributed by atoms with van der Waals surface area (Å²) in [6.07, 6.45) is 0.574. The number of rotatable bonds is 3. The van der Waals surface area contributed by atoms with E-state index < -0.39 is 37.3 Å². The highest BCUT2D eigenvalue weighted by atomic mass is 35.5. The third-order valence-corrected chi connectivity index (χ3v) is 6.44. The van der Waals surface area contributed by atoms with E-state index in [0.717, 1.165) is 16.4 Å². The molecule has 1 aromatic rings. The van der Waals surface area contributed by atoms with Crippen LogP contribution < -0.4 is 0 Å². The van der Waals surface area contributed by atoms with E-state index in [1.54, 1.807) is 0 Å². The van der Waals surface area contributed by atoms with Crippen molar-refractivity contribution in [2.75, 3.05) is 6.54 Å². The molecular formula is C12H12Cl2FNO4S. The Morgan fingerprint density at radius 2 is 2.05 bits per heavy atom. The van der Waals surface area contributed by atoms with Crippen LogP contribution in [0.5, 0.6) is 0 Å². The maximum Gasteiger partial charge on any atom is 0.324 e. The van der Waals surface area contributed by atoms with Crippen LogP contribution >= 0.6 is 23.2 Å². The van der Waals surface area contributed by atoms with E-state index >= 15 is 0 Å². The average molecular weight is 356 g/mol. The van der Waals surface area contributed by atoms with Gasteiger partial charge in [0.15, 0.2) is 5.82 Å². The van der Waals surface area contributed by atoms with Crippen molar-refractivity contribution in [2.45, 2.75) is 30.2 Å². The summed E-state index contributed by atoms with van der Waals surface area (Å²) in [5.41, 5.74) is -1.57. The molecule has 1 atom stereocenters. The zero-order valence-electron chi connectivity index (χ0n) is 10.9. The molecule has 2 rings (SSSR count). The Morgan fingerprint density at radius 3 is 2.62 bits per heavy atom. The minimum atomic E-state index is -4.24. The number of carboxylic acid groups (broad SMARTS) is 1. The fourth-order valence-corrected chi connectivity index (χ4v) is 4.89. The van der Waals surface area contributed by atoms with Crippen LogP contribution in [-0.2, 0) is 14.8 Å². The lowest BCUT2D eigenvalue weighted by Gasteiger charge is -2.30. The minimum absolute atomic E-state index is 0.0334. The second kappa shape index (κ2) is 5.39. The van der Waals surface area contributed by atoms with Crippen molar-refractivity contribution in [3.8, 4) is 0 Å². The third kappa shape index (κ3) is 2.52. The molecule has 1 unspecified atom stereocenters. The molecule has 5 nitrogen and oxygen atoms in total. The standard InChI is InChI=1S/C12H12Cl2FNO4S/c1-12(11(17)18)5-2-6-16(12)21(19,20)8-4-3-7(13)10(15)9(8)14/h3-4H,2,5-6H2,1H3,(H,17,18). The summed E-state index contributed by atoms with van der Waals surface area (Å²) in [4.78, 5) is 10.9. The first-order valence-corrected chi connectivity index (χ1v) is 8.21. The molecule has 21 heavy (non-hydrogen) atoms. The normalized spacial score (nSPS) is 23.4. The number of halogens is 3. The van der Waals surface area contributed by atoms with E-state index in [1.165, 1.54) is 6.92 Å². The predicted molar refractivity (Wildman–Crippen MR) is 75.6 cm³/mol. The molecule has 1 fully saturated rings. The Bertz CT molecular complexity index is 709. The van der Waals surface area contributed by atoms with Crippen LogP contribution in [-0.4, -0.2) is 35.9 Å². The SMILES string of the molecule is CC1(C(=O)O)CCCN1S(=O)(=O)c1ccc(Cl)c(F)c1Cl. The third-order valence-electron chi connectivity index (χ3n) is 3.60. The lowest BCUT2D eigenvalue weighted by Crippen LogP contribution is -2.50. The maximum absolute atomic E-state index is 13.7. The van der Waals surface area contributed by atoms with Crippen molar-refractivity contribution in [1.29, 1.82) is 0 Å². The van der Waals surface area contributed by atoms with Gasteiger partial charge < -0.3 is 5.11 Å². The first-order chi connectivity index (χ1) is 9.62. The van der Waals surface area contributed by atoms with E-state index in [0.29, 0.717) is 6.42 Å². The Labute approximate surface area is 131 Å². The quantitative estimate of drug-likeness (QED) is 0.846. The van der Waals surface area contributed by atoms with Gasteiger partial charge >= 0.3 is 5.97 Å². The zero-order valence-corrected chi connectivity index (χ0v) is 13.3. The molecule has 0 aliphatic carbocycles. The molecule has 1 heterocycles.